The number of fused-ring (bicyclic) bond motifs is 1. The van der Waals surface area contributed by atoms with Gasteiger partial charge in [-0.1, -0.05) is 5.16 Å². The Morgan fingerprint density at radius 3 is 2.52 bits per heavy atom. The maximum atomic E-state index is 13.4. The molecule has 6 N–H and O–H groups in total. The van der Waals surface area contributed by atoms with Crippen LogP contribution >= 0.6 is 11.3 Å². The number of ketones is 1. The summed E-state index contributed by atoms with van der Waals surface area (Å²) in [5.41, 5.74) is -1.84. The number of carboxylic acid groups (broad SMARTS) is 2. The number of amides is 3. The fourth-order valence-electron chi connectivity index (χ4n) is 4.69. The van der Waals surface area contributed by atoms with Gasteiger partial charge in [0.1, 0.15) is 17.4 Å². The molecule has 0 aliphatic carbocycles. The third kappa shape index (κ3) is 5.09. The zero-order valence-electron chi connectivity index (χ0n) is 23.5. The van der Waals surface area contributed by atoms with Crippen LogP contribution in [0, 0.1) is 5.92 Å². The highest BCUT2D eigenvalue weighted by Gasteiger charge is 2.65. The van der Waals surface area contributed by atoms with E-state index in [2.05, 4.69) is 10.1 Å². The number of aromatic nitrogens is 2. The summed E-state index contributed by atoms with van der Waals surface area (Å²) in [6, 6.07) is -1.20. The number of nitrogens with one attached hydrogen (secondary N) is 1. The van der Waals surface area contributed by atoms with Crippen LogP contribution in [0.3, 0.4) is 0 Å². The summed E-state index contributed by atoms with van der Waals surface area (Å²) in [6.45, 7) is 1.73. The minimum atomic E-state index is -2.89. The van der Waals surface area contributed by atoms with Crippen LogP contribution in [0.1, 0.15) is 53.2 Å². The highest BCUT2D eigenvalue weighted by atomic mass is 32.1. The van der Waals surface area contributed by atoms with Crippen LogP contribution in [0.5, 0.6) is 5.75 Å². The van der Waals surface area contributed by atoms with Crippen LogP contribution < -0.4 is 11.3 Å². The zero-order valence-corrected chi connectivity index (χ0v) is 24.4. The molecule has 2 aromatic rings. The van der Waals surface area contributed by atoms with Gasteiger partial charge in [-0.05, 0) is 13.8 Å². The highest BCUT2D eigenvalue weighted by molar-refractivity contribution is 7.13. The number of carboxylic acids is 2. The lowest BCUT2D eigenvalue weighted by Gasteiger charge is -2.31. The van der Waals surface area contributed by atoms with E-state index in [1.54, 1.807) is 0 Å². The number of nitrogen functional groups attached to an aromatic ring is 1. The number of esters is 1. The molecule has 0 aromatic carbocycles. The molecule has 2 aromatic heterocycles. The summed E-state index contributed by atoms with van der Waals surface area (Å²) >= 11 is 0.928. The number of thiazole rings is 1. The quantitative estimate of drug-likeness (QED) is 0.0832. The van der Waals surface area contributed by atoms with Crippen molar-refractivity contribution in [3.05, 3.63) is 38.8 Å². The molecule has 0 saturated carbocycles. The van der Waals surface area contributed by atoms with Crippen molar-refractivity contribution >= 4 is 63.6 Å². The second kappa shape index (κ2) is 11.0. The number of nitrogens with zero attached hydrogens (tertiary/aromatic N) is 4. The molecule has 5 rings (SSSR count). The lowest BCUT2D eigenvalue weighted by atomic mass is 9.98. The SMILES string of the molecule is CC(C)(O/N=C(\C(=O)C[C@H]1CON(C2(C(=O)O)C[C@H](N3C(=O)c4cc(O)c(=O)[nH]c4C3=O)C(=O)O2)C1=O)c1csc(N)n1)C(=O)O. The molecule has 0 spiro atoms. The Bertz CT molecular complexity index is 1830. The van der Waals surface area contributed by atoms with Crippen molar-refractivity contribution in [1.29, 1.82) is 0 Å². The summed E-state index contributed by atoms with van der Waals surface area (Å²) in [5, 5.41) is 34.3. The molecular weight excluding hydrogens is 640 g/mol. The molecule has 3 aliphatic rings. The number of oxime groups is 1. The largest absolute Gasteiger partial charge is 0.503 e. The van der Waals surface area contributed by atoms with E-state index in [0.29, 0.717) is 11.0 Å². The molecule has 5 heterocycles. The molecular formula is C25H22N6O14S. The number of hydrogen-bond acceptors (Lipinski definition) is 16. The molecule has 46 heavy (non-hydrogen) atoms. The first-order valence-corrected chi connectivity index (χ1v) is 13.9. The summed E-state index contributed by atoms with van der Waals surface area (Å²) in [6.07, 6.45) is -1.69. The number of Topliss-reactive ketones (excluding diaryl/α,β-unsaturated/α-hetero) is 1. The van der Waals surface area contributed by atoms with Gasteiger partial charge in [-0.25, -0.2) is 19.4 Å². The number of aromatic hydroxyl groups is 1. The van der Waals surface area contributed by atoms with Gasteiger partial charge in [0.05, 0.1) is 24.5 Å². The summed E-state index contributed by atoms with van der Waals surface area (Å²) in [5.74, 6) is -11.4. The van der Waals surface area contributed by atoms with Gasteiger partial charge in [-0.3, -0.25) is 33.7 Å². The van der Waals surface area contributed by atoms with Crippen molar-refractivity contribution in [1.82, 2.24) is 19.9 Å². The van der Waals surface area contributed by atoms with Gasteiger partial charge >= 0.3 is 23.6 Å². The number of aliphatic carboxylic acids is 2. The Balaban J connectivity index is 1.38. The number of imide groups is 1. The number of pyridine rings is 1. The Morgan fingerprint density at radius 1 is 1.22 bits per heavy atom. The third-order valence-corrected chi connectivity index (χ3v) is 7.86. The number of ether oxygens (including phenoxy) is 1. The number of rotatable bonds is 10. The number of cyclic esters (lactones) is 1. The average Bonchev–Trinajstić information content (AvgIpc) is 3.71. The maximum Gasteiger partial charge on any atom is 0.372 e. The first-order valence-electron chi connectivity index (χ1n) is 13.0. The van der Waals surface area contributed by atoms with Crippen LogP contribution in [0.2, 0.25) is 0 Å². The number of aromatic amines is 1. The van der Waals surface area contributed by atoms with E-state index >= 15 is 0 Å². The van der Waals surface area contributed by atoms with Gasteiger partial charge in [-0.15, -0.1) is 11.3 Å². The van der Waals surface area contributed by atoms with Crippen LogP contribution in [-0.2, 0) is 38.4 Å². The number of H-pyrrole nitrogens is 1. The van der Waals surface area contributed by atoms with E-state index in [-0.39, 0.29) is 15.9 Å². The van der Waals surface area contributed by atoms with E-state index in [9.17, 15) is 53.7 Å². The van der Waals surface area contributed by atoms with Crippen molar-refractivity contribution in [2.45, 2.75) is 44.1 Å². The van der Waals surface area contributed by atoms with E-state index in [0.717, 1.165) is 25.2 Å². The molecule has 242 valence electrons. The molecule has 21 heteroatoms. The summed E-state index contributed by atoms with van der Waals surface area (Å²) in [4.78, 5) is 118. The van der Waals surface area contributed by atoms with Crippen molar-refractivity contribution in [2.24, 2.45) is 11.1 Å². The van der Waals surface area contributed by atoms with Crippen molar-refractivity contribution in [3.63, 3.8) is 0 Å². The smallest absolute Gasteiger partial charge is 0.372 e. The first-order chi connectivity index (χ1) is 21.5. The Morgan fingerprint density at radius 2 is 1.91 bits per heavy atom. The van der Waals surface area contributed by atoms with E-state index in [4.69, 9.17) is 20.1 Å². The fourth-order valence-corrected chi connectivity index (χ4v) is 5.24. The lowest BCUT2D eigenvalue weighted by Crippen LogP contribution is -2.56. The average molecular weight is 663 g/mol. The molecule has 0 radical (unpaired) electrons. The number of carbonyl (C=O) groups is 7. The van der Waals surface area contributed by atoms with E-state index in [1.807, 2.05) is 4.98 Å². The zero-order chi connectivity index (χ0) is 33.9. The summed E-state index contributed by atoms with van der Waals surface area (Å²) < 4.78 is 5.07. The second-order valence-corrected chi connectivity index (χ2v) is 11.5. The number of hydroxylamine groups is 2. The minimum absolute atomic E-state index is 0.0293. The Labute approximate surface area is 258 Å². The minimum Gasteiger partial charge on any atom is -0.503 e. The van der Waals surface area contributed by atoms with Crippen molar-refractivity contribution < 1.29 is 63.3 Å². The van der Waals surface area contributed by atoms with Crippen LogP contribution in [-0.4, -0.2) is 106 Å². The predicted molar refractivity (Wildman–Crippen MR) is 146 cm³/mol. The molecule has 1 unspecified atom stereocenters. The topological polar surface area (TPSA) is 298 Å². The third-order valence-electron chi connectivity index (χ3n) is 7.18. The van der Waals surface area contributed by atoms with Gasteiger partial charge in [0.25, 0.3) is 23.3 Å². The van der Waals surface area contributed by atoms with Gasteiger partial charge in [-0.2, -0.15) is 5.06 Å². The number of nitrogens with two attached hydrogens (primary N) is 1. The van der Waals surface area contributed by atoms with Gasteiger partial charge in [0.15, 0.2) is 22.4 Å². The molecule has 2 saturated heterocycles. The number of carbonyl (C=O) groups excluding carboxylic acids is 5. The molecule has 3 aliphatic heterocycles. The first kappa shape index (κ1) is 31.7. The van der Waals surface area contributed by atoms with Crippen LogP contribution in [0.4, 0.5) is 5.13 Å². The number of hydrogen-bond donors (Lipinski definition) is 5. The molecule has 3 amide bonds. The highest BCUT2D eigenvalue weighted by Crippen LogP contribution is 2.40. The second-order valence-electron chi connectivity index (χ2n) is 10.7. The summed E-state index contributed by atoms with van der Waals surface area (Å²) in [7, 11) is 0. The van der Waals surface area contributed by atoms with Crippen molar-refractivity contribution in [2.75, 3.05) is 12.3 Å². The Kier molecular flexibility index (Phi) is 7.60. The Hall–Kier alpha value is -5.70. The molecule has 0 bridgehead atoms. The van der Waals surface area contributed by atoms with E-state index < -0.39 is 112 Å². The molecule has 2 fully saturated rings. The van der Waals surface area contributed by atoms with Gasteiger partial charge in [0, 0.05) is 17.9 Å². The normalized spacial score (nSPS) is 23.1. The van der Waals surface area contributed by atoms with Gasteiger partial charge < -0.3 is 35.6 Å². The van der Waals surface area contributed by atoms with Gasteiger partial charge in [0.2, 0.25) is 5.60 Å². The van der Waals surface area contributed by atoms with Crippen LogP contribution in [0.15, 0.2) is 21.4 Å². The lowest BCUT2D eigenvalue weighted by molar-refractivity contribution is -0.256. The standard InChI is InChI=1S/C25H22N6O14S/c1-24(2,21(39)40)45-29-15(10-7-46-23(26)27-10)12(32)3-8-6-43-31(17(8)35)25(22(41)42)5-11(20(38)44-25)30-18(36)9-4-13(33)16(34)28-14(9)19(30)37/h4,7-8,11,33H,3,5-6H2,1-2H3,(H2,26,27)(H,28,34)(H,39,40)(H,41,42)/b29-15-/t8-,11-,25?/m0/s1. The number of anilines is 1. The predicted octanol–water partition coefficient (Wildman–Crippen LogP) is -1.56. The maximum absolute atomic E-state index is 13.4. The molecule has 3 atom stereocenters. The van der Waals surface area contributed by atoms with E-state index in [1.165, 1.54) is 5.38 Å². The van der Waals surface area contributed by atoms with Crippen LogP contribution in [0.25, 0.3) is 0 Å². The fraction of sp³-hybridized carbons (Fsp3) is 0.360. The monoisotopic (exact) mass is 662 g/mol. The molecule has 20 nitrogen and oxygen atoms in total. The van der Waals surface area contributed by atoms with Crippen molar-refractivity contribution in [3.8, 4) is 5.75 Å².